The van der Waals surface area contributed by atoms with Gasteiger partial charge in [0.15, 0.2) is 0 Å². The van der Waals surface area contributed by atoms with Gasteiger partial charge in [0.2, 0.25) is 5.91 Å². The third-order valence-electron chi connectivity index (χ3n) is 3.82. The van der Waals surface area contributed by atoms with Gasteiger partial charge < -0.3 is 20.3 Å². The number of hydrogen-bond donors (Lipinski definition) is 1. The summed E-state index contributed by atoms with van der Waals surface area (Å²) >= 11 is 0. The molecule has 1 fully saturated rings. The van der Waals surface area contributed by atoms with E-state index in [4.69, 9.17) is 10.5 Å². The van der Waals surface area contributed by atoms with Gasteiger partial charge in [-0.1, -0.05) is 12.1 Å². The highest BCUT2D eigenvalue weighted by atomic mass is 16.5. The molecule has 0 atom stereocenters. The third-order valence-corrected chi connectivity index (χ3v) is 3.82. The Morgan fingerprint density at radius 2 is 1.70 bits per heavy atom. The van der Waals surface area contributed by atoms with Crippen LogP contribution in [-0.2, 0) is 4.79 Å². The van der Waals surface area contributed by atoms with Crippen LogP contribution < -0.4 is 10.5 Å². The highest BCUT2D eigenvalue weighted by Gasteiger charge is 2.31. The smallest absolute Gasteiger partial charge is 0.257 e. The molecule has 0 spiro atoms. The van der Waals surface area contributed by atoms with Crippen LogP contribution >= 0.6 is 0 Å². The number of benzene rings is 1. The van der Waals surface area contributed by atoms with E-state index in [1.807, 2.05) is 19.1 Å². The van der Waals surface area contributed by atoms with Gasteiger partial charge >= 0.3 is 0 Å². The Labute approximate surface area is 137 Å². The zero-order valence-corrected chi connectivity index (χ0v) is 14.0. The van der Waals surface area contributed by atoms with Crippen LogP contribution in [0.4, 0.5) is 0 Å². The normalized spacial score (nSPS) is 15.5. The van der Waals surface area contributed by atoms with Crippen LogP contribution in [0, 0.1) is 0 Å². The molecule has 0 unspecified atom stereocenters. The number of nitrogens with two attached hydrogens (primary N) is 1. The highest BCUT2D eigenvalue weighted by Crippen LogP contribution is 2.21. The van der Waals surface area contributed by atoms with Crippen molar-refractivity contribution in [2.24, 2.45) is 5.73 Å². The topological polar surface area (TPSA) is 75.9 Å². The van der Waals surface area contributed by atoms with Crippen LogP contribution in [0.25, 0.3) is 0 Å². The van der Waals surface area contributed by atoms with E-state index >= 15 is 0 Å². The average molecular weight is 319 g/mol. The minimum absolute atomic E-state index is 0.0619. The minimum Gasteiger partial charge on any atom is -0.493 e. The maximum Gasteiger partial charge on any atom is 0.257 e. The monoisotopic (exact) mass is 319 g/mol. The van der Waals surface area contributed by atoms with Gasteiger partial charge in [0, 0.05) is 26.2 Å². The van der Waals surface area contributed by atoms with Crippen molar-refractivity contribution in [3.05, 3.63) is 29.8 Å². The third kappa shape index (κ3) is 4.01. The summed E-state index contributed by atoms with van der Waals surface area (Å²) in [6, 6.07) is 7.25. The Morgan fingerprint density at radius 3 is 2.26 bits per heavy atom. The van der Waals surface area contributed by atoms with E-state index in [-0.39, 0.29) is 11.8 Å². The predicted molar refractivity (Wildman–Crippen MR) is 88.4 cm³/mol. The maximum absolute atomic E-state index is 12.7. The van der Waals surface area contributed by atoms with Crippen LogP contribution in [0.2, 0.25) is 0 Å². The number of hydrogen-bond acceptors (Lipinski definition) is 4. The molecule has 1 saturated heterocycles. The number of amides is 2. The summed E-state index contributed by atoms with van der Waals surface area (Å²) < 4.78 is 5.52. The second kappa shape index (κ2) is 7.00. The molecule has 1 aromatic carbocycles. The maximum atomic E-state index is 12.7. The molecule has 1 aliphatic rings. The Kier molecular flexibility index (Phi) is 5.26. The van der Waals surface area contributed by atoms with E-state index in [2.05, 4.69) is 0 Å². The van der Waals surface area contributed by atoms with Crippen LogP contribution in [0.3, 0.4) is 0 Å². The Balaban J connectivity index is 2.03. The van der Waals surface area contributed by atoms with E-state index in [0.29, 0.717) is 44.1 Å². The second-order valence-electron chi connectivity index (χ2n) is 6.24. The molecule has 0 aliphatic carbocycles. The lowest BCUT2D eigenvalue weighted by Crippen LogP contribution is -2.57. The van der Waals surface area contributed by atoms with Crippen molar-refractivity contribution >= 4 is 11.8 Å². The first-order chi connectivity index (χ1) is 10.8. The van der Waals surface area contributed by atoms with Gasteiger partial charge in [0.05, 0.1) is 17.7 Å². The molecule has 0 saturated carbocycles. The summed E-state index contributed by atoms with van der Waals surface area (Å²) in [5, 5.41) is 0. The molecular weight excluding hydrogens is 294 g/mol. The summed E-state index contributed by atoms with van der Waals surface area (Å²) in [5.74, 6) is 0.453. The zero-order valence-electron chi connectivity index (χ0n) is 14.0. The summed E-state index contributed by atoms with van der Waals surface area (Å²) in [7, 11) is 0. The fourth-order valence-corrected chi connectivity index (χ4v) is 2.62. The molecule has 23 heavy (non-hydrogen) atoms. The largest absolute Gasteiger partial charge is 0.493 e. The molecule has 6 nitrogen and oxygen atoms in total. The SMILES string of the molecule is CCOc1ccccc1C(=O)N1CCN(C(=O)C(C)(C)N)CC1. The van der Waals surface area contributed by atoms with E-state index in [1.165, 1.54) is 0 Å². The molecule has 6 heteroatoms. The number of carbonyl (C=O) groups is 2. The van der Waals surface area contributed by atoms with Crippen LogP contribution in [0.15, 0.2) is 24.3 Å². The summed E-state index contributed by atoms with van der Waals surface area (Å²) in [6.45, 7) is 7.81. The predicted octanol–water partition coefficient (Wildman–Crippen LogP) is 1.11. The van der Waals surface area contributed by atoms with Gasteiger partial charge in [0.25, 0.3) is 5.91 Å². The Morgan fingerprint density at radius 1 is 1.13 bits per heavy atom. The molecule has 1 aliphatic heterocycles. The number of para-hydroxylation sites is 1. The first kappa shape index (κ1) is 17.3. The van der Waals surface area contributed by atoms with E-state index in [1.54, 1.807) is 35.8 Å². The number of ether oxygens (including phenoxy) is 1. The number of nitrogens with zero attached hydrogens (tertiary/aromatic N) is 2. The number of rotatable bonds is 4. The average Bonchev–Trinajstić information content (AvgIpc) is 2.54. The van der Waals surface area contributed by atoms with Crippen molar-refractivity contribution in [2.75, 3.05) is 32.8 Å². The first-order valence-corrected chi connectivity index (χ1v) is 7.94. The Hall–Kier alpha value is -2.08. The molecule has 2 amide bonds. The summed E-state index contributed by atoms with van der Waals surface area (Å²) in [5.41, 5.74) is 5.54. The number of carbonyl (C=O) groups excluding carboxylic acids is 2. The van der Waals surface area contributed by atoms with Crippen molar-refractivity contribution in [1.29, 1.82) is 0 Å². The van der Waals surface area contributed by atoms with Crippen LogP contribution in [0.5, 0.6) is 5.75 Å². The lowest BCUT2D eigenvalue weighted by atomic mass is 10.0. The van der Waals surface area contributed by atoms with Gasteiger partial charge in [-0.2, -0.15) is 0 Å². The molecule has 0 bridgehead atoms. The summed E-state index contributed by atoms with van der Waals surface area (Å²) in [6.07, 6.45) is 0. The molecule has 0 aromatic heterocycles. The van der Waals surface area contributed by atoms with E-state index in [0.717, 1.165) is 0 Å². The fraction of sp³-hybridized carbons (Fsp3) is 0.529. The van der Waals surface area contributed by atoms with Crippen molar-refractivity contribution in [3.8, 4) is 5.75 Å². The first-order valence-electron chi connectivity index (χ1n) is 7.94. The zero-order chi connectivity index (χ0) is 17.0. The molecular formula is C17H25N3O3. The fourth-order valence-electron chi connectivity index (χ4n) is 2.62. The lowest BCUT2D eigenvalue weighted by molar-refractivity contribution is -0.137. The highest BCUT2D eigenvalue weighted by molar-refractivity contribution is 5.97. The standard InChI is InChI=1S/C17H25N3O3/c1-4-23-14-8-6-5-7-13(14)15(21)19-9-11-20(12-10-19)16(22)17(2,3)18/h5-8H,4,9-12,18H2,1-3H3. The van der Waals surface area contributed by atoms with Gasteiger partial charge in [-0.05, 0) is 32.9 Å². The van der Waals surface area contributed by atoms with Crippen molar-refractivity contribution in [1.82, 2.24) is 9.80 Å². The Bertz CT molecular complexity index is 573. The van der Waals surface area contributed by atoms with Gasteiger partial charge in [-0.25, -0.2) is 0 Å². The van der Waals surface area contributed by atoms with Gasteiger partial charge in [-0.3, -0.25) is 9.59 Å². The number of piperazine rings is 1. The molecule has 126 valence electrons. The summed E-state index contributed by atoms with van der Waals surface area (Å²) in [4.78, 5) is 28.3. The van der Waals surface area contributed by atoms with Gasteiger partial charge in [0.1, 0.15) is 5.75 Å². The van der Waals surface area contributed by atoms with E-state index < -0.39 is 5.54 Å². The molecule has 0 radical (unpaired) electrons. The molecule has 2 N–H and O–H groups in total. The molecule has 1 heterocycles. The molecule has 1 aromatic rings. The van der Waals surface area contributed by atoms with E-state index in [9.17, 15) is 9.59 Å². The van der Waals surface area contributed by atoms with Crippen LogP contribution in [-0.4, -0.2) is 59.9 Å². The van der Waals surface area contributed by atoms with Crippen LogP contribution in [0.1, 0.15) is 31.1 Å². The lowest BCUT2D eigenvalue weighted by Gasteiger charge is -2.37. The van der Waals surface area contributed by atoms with Crippen molar-refractivity contribution < 1.29 is 14.3 Å². The van der Waals surface area contributed by atoms with Gasteiger partial charge in [-0.15, -0.1) is 0 Å². The minimum atomic E-state index is -0.881. The molecule has 2 rings (SSSR count). The van der Waals surface area contributed by atoms with Crippen molar-refractivity contribution in [3.63, 3.8) is 0 Å². The second-order valence-corrected chi connectivity index (χ2v) is 6.24. The van der Waals surface area contributed by atoms with Crippen molar-refractivity contribution in [2.45, 2.75) is 26.3 Å². The quantitative estimate of drug-likeness (QED) is 0.902.